The highest BCUT2D eigenvalue weighted by Gasteiger charge is 2.09. The van der Waals surface area contributed by atoms with Crippen LogP contribution >= 0.6 is 0 Å². The summed E-state index contributed by atoms with van der Waals surface area (Å²) in [5, 5.41) is 0. The molecule has 84 valence electrons. The zero-order chi connectivity index (χ0) is 11.1. The Hall–Kier alpha value is -0.940. The molecule has 5 heteroatoms. The largest absolute Gasteiger partial charge is 0.330 e. The van der Waals surface area contributed by atoms with Gasteiger partial charge in [0.2, 0.25) is 0 Å². The van der Waals surface area contributed by atoms with Crippen LogP contribution in [0.1, 0.15) is 12.0 Å². The summed E-state index contributed by atoms with van der Waals surface area (Å²) in [5.41, 5.74) is 6.27. The molecule has 0 aliphatic heterocycles. The average Bonchev–Trinajstić information content (AvgIpc) is 2.25. The molecule has 1 rings (SSSR count). The summed E-state index contributed by atoms with van der Waals surface area (Å²) in [6.07, 6.45) is 4.43. The van der Waals surface area contributed by atoms with Crippen LogP contribution in [0.5, 0.6) is 0 Å². The lowest BCUT2D eigenvalue weighted by Crippen LogP contribution is -2.15. The van der Waals surface area contributed by atoms with Crippen LogP contribution < -0.4 is 5.73 Å². The third-order valence-corrected chi connectivity index (χ3v) is 3.85. The highest BCUT2D eigenvalue weighted by molar-refractivity contribution is 7.91. The van der Waals surface area contributed by atoms with E-state index in [9.17, 15) is 8.42 Å². The molecule has 1 aromatic rings. The van der Waals surface area contributed by atoms with E-state index in [0.29, 0.717) is 19.4 Å². The Morgan fingerprint density at radius 3 is 2.47 bits per heavy atom. The molecule has 0 atom stereocenters. The molecule has 2 N–H and O–H groups in total. The number of nitrogens with zero attached hydrogens (tertiary/aromatic N) is 1. The fourth-order valence-electron chi connectivity index (χ4n) is 1.23. The molecule has 0 aliphatic carbocycles. The first-order valence-corrected chi connectivity index (χ1v) is 6.75. The molecule has 0 aromatic carbocycles. The minimum atomic E-state index is -2.94. The van der Waals surface area contributed by atoms with Gasteiger partial charge in [-0.3, -0.25) is 4.98 Å². The normalized spacial score (nSPS) is 11.5. The summed E-state index contributed by atoms with van der Waals surface area (Å²) >= 11 is 0. The first kappa shape index (κ1) is 12.1. The summed E-state index contributed by atoms with van der Waals surface area (Å²) in [7, 11) is -2.94. The fraction of sp³-hybridized carbons (Fsp3) is 0.500. The van der Waals surface area contributed by atoms with E-state index < -0.39 is 9.84 Å². The molecule has 0 saturated carbocycles. The molecule has 1 aromatic heterocycles. The molecule has 0 radical (unpaired) electrons. The summed E-state index contributed by atoms with van der Waals surface area (Å²) in [6, 6.07) is 3.66. The average molecular weight is 228 g/mol. The van der Waals surface area contributed by atoms with E-state index in [1.54, 1.807) is 12.4 Å². The van der Waals surface area contributed by atoms with Gasteiger partial charge in [-0.05, 0) is 37.1 Å². The highest BCUT2D eigenvalue weighted by atomic mass is 32.2. The Bertz CT molecular complexity index is 376. The second-order valence-electron chi connectivity index (χ2n) is 3.40. The van der Waals surface area contributed by atoms with Gasteiger partial charge in [0, 0.05) is 12.4 Å². The minimum Gasteiger partial charge on any atom is -0.330 e. The van der Waals surface area contributed by atoms with Crippen molar-refractivity contribution < 1.29 is 8.42 Å². The number of hydrogen-bond acceptors (Lipinski definition) is 4. The highest BCUT2D eigenvalue weighted by Crippen LogP contribution is 2.02. The van der Waals surface area contributed by atoms with Crippen LogP contribution in [0, 0.1) is 0 Å². The zero-order valence-corrected chi connectivity index (χ0v) is 9.41. The Morgan fingerprint density at radius 1 is 1.20 bits per heavy atom. The van der Waals surface area contributed by atoms with Crippen LogP contribution in [-0.4, -0.2) is 31.5 Å². The van der Waals surface area contributed by atoms with Gasteiger partial charge in [0.25, 0.3) is 0 Å². The first-order chi connectivity index (χ1) is 7.14. The predicted octanol–water partition coefficient (Wildman–Crippen LogP) is 0.388. The number of hydrogen-bond donors (Lipinski definition) is 1. The SMILES string of the molecule is NCCCS(=O)(=O)CCc1ccncc1. The molecule has 0 amide bonds. The van der Waals surface area contributed by atoms with Crippen LogP contribution in [-0.2, 0) is 16.3 Å². The van der Waals surface area contributed by atoms with Crippen molar-refractivity contribution in [2.45, 2.75) is 12.8 Å². The van der Waals surface area contributed by atoms with Crippen molar-refractivity contribution in [2.24, 2.45) is 5.73 Å². The van der Waals surface area contributed by atoms with E-state index in [0.717, 1.165) is 5.56 Å². The van der Waals surface area contributed by atoms with Crippen molar-refractivity contribution in [3.8, 4) is 0 Å². The number of pyridine rings is 1. The molecule has 0 unspecified atom stereocenters. The van der Waals surface area contributed by atoms with E-state index >= 15 is 0 Å². The summed E-state index contributed by atoms with van der Waals surface area (Å²) in [6.45, 7) is 0.425. The van der Waals surface area contributed by atoms with E-state index in [1.165, 1.54) is 0 Å². The van der Waals surface area contributed by atoms with Crippen molar-refractivity contribution in [3.63, 3.8) is 0 Å². The standard InChI is InChI=1S/C10H16N2O2S/c11-5-1-8-15(13,14)9-4-10-2-6-12-7-3-10/h2-3,6-7H,1,4-5,8-9,11H2. The minimum absolute atomic E-state index is 0.189. The van der Waals surface area contributed by atoms with Gasteiger partial charge in [-0.2, -0.15) is 0 Å². The van der Waals surface area contributed by atoms with E-state index in [-0.39, 0.29) is 11.5 Å². The topological polar surface area (TPSA) is 73.1 Å². The number of rotatable bonds is 6. The second kappa shape index (κ2) is 5.82. The molecular formula is C10H16N2O2S. The molecule has 0 spiro atoms. The van der Waals surface area contributed by atoms with Crippen LogP contribution in [0.3, 0.4) is 0 Å². The van der Waals surface area contributed by atoms with Crippen molar-refractivity contribution in [1.29, 1.82) is 0 Å². The number of sulfone groups is 1. The van der Waals surface area contributed by atoms with E-state index in [4.69, 9.17) is 5.73 Å². The van der Waals surface area contributed by atoms with Gasteiger partial charge in [-0.1, -0.05) is 0 Å². The predicted molar refractivity (Wildman–Crippen MR) is 60.3 cm³/mol. The maximum Gasteiger partial charge on any atom is 0.150 e. The smallest absolute Gasteiger partial charge is 0.150 e. The van der Waals surface area contributed by atoms with Crippen molar-refractivity contribution in [3.05, 3.63) is 30.1 Å². The van der Waals surface area contributed by atoms with Crippen LogP contribution in [0.2, 0.25) is 0 Å². The van der Waals surface area contributed by atoms with Gasteiger partial charge in [0.15, 0.2) is 9.84 Å². The molecule has 0 saturated heterocycles. The number of aromatic nitrogens is 1. The van der Waals surface area contributed by atoms with Crippen LogP contribution in [0.4, 0.5) is 0 Å². The van der Waals surface area contributed by atoms with E-state index in [2.05, 4.69) is 4.98 Å². The van der Waals surface area contributed by atoms with Gasteiger partial charge in [0.05, 0.1) is 11.5 Å². The van der Waals surface area contributed by atoms with Crippen LogP contribution in [0.15, 0.2) is 24.5 Å². The Labute approximate surface area is 90.4 Å². The molecule has 0 bridgehead atoms. The Balaban J connectivity index is 2.43. The van der Waals surface area contributed by atoms with Gasteiger partial charge in [-0.25, -0.2) is 8.42 Å². The third-order valence-electron chi connectivity index (χ3n) is 2.11. The Morgan fingerprint density at radius 2 is 1.87 bits per heavy atom. The van der Waals surface area contributed by atoms with Crippen molar-refractivity contribution in [2.75, 3.05) is 18.1 Å². The summed E-state index contributed by atoms with van der Waals surface area (Å²) in [4.78, 5) is 3.87. The Kier molecular flexibility index (Phi) is 4.71. The van der Waals surface area contributed by atoms with Gasteiger partial charge in [0.1, 0.15) is 0 Å². The van der Waals surface area contributed by atoms with Gasteiger partial charge in [-0.15, -0.1) is 0 Å². The molecule has 0 aliphatic rings. The molecule has 0 fully saturated rings. The maximum absolute atomic E-state index is 11.5. The molecule has 1 heterocycles. The second-order valence-corrected chi connectivity index (χ2v) is 5.70. The van der Waals surface area contributed by atoms with Crippen molar-refractivity contribution >= 4 is 9.84 Å². The number of aryl methyl sites for hydroxylation is 1. The van der Waals surface area contributed by atoms with Crippen LogP contribution in [0.25, 0.3) is 0 Å². The lowest BCUT2D eigenvalue weighted by molar-refractivity contribution is 0.593. The molecule has 15 heavy (non-hydrogen) atoms. The monoisotopic (exact) mass is 228 g/mol. The van der Waals surface area contributed by atoms with E-state index in [1.807, 2.05) is 12.1 Å². The van der Waals surface area contributed by atoms with Crippen molar-refractivity contribution in [1.82, 2.24) is 4.98 Å². The fourth-order valence-corrected chi connectivity index (χ4v) is 2.59. The molecular weight excluding hydrogens is 212 g/mol. The first-order valence-electron chi connectivity index (χ1n) is 4.93. The molecule has 4 nitrogen and oxygen atoms in total. The summed E-state index contributed by atoms with van der Waals surface area (Å²) < 4.78 is 23.0. The zero-order valence-electron chi connectivity index (χ0n) is 8.59. The quantitative estimate of drug-likeness (QED) is 0.764. The lowest BCUT2D eigenvalue weighted by Gasteiger charge is -2.03. The number of nitrogens with two attached hydrogens (primary N) is 1. The van der Waals surface area contributed by atoms with Gasteiger partial charge < -0.3 is 5.73 Å². The maximum atomic E-state index is 11.5. The lowest BCUT2D eigenvalue weighted by atomic mass is 10.2. The third kappa shape index (κ3) is 4.90. The van der Waals surface area contributed by atoms with Gasteiger partial charge >= 0.3 is 0 Å². The summed E-state index contributed by atoms with van der Waals surface area (Å²) in [5.74, 6) is 0.381.